The van der Waals surface area contributed by atoms with Crippen molar-refractivity contribution in [1.82, 2.24) is 24.4 Å². The van der Waals surface area contributed by atoms with E-state index < -0.39 is 6.10 Å². The average molecular weight is 225 g/mol. The lowest BCUT2D eigenvalue weighted by Gasteiger charge is -2.07. The minimum absolute atomic E-state index is 0.442. The Kier molecular flexibility index (Phi) is 3.02. The highest BCUT2D eigenvalue weighted by Crippen LogP contribution is 2.18. The van der Waals surface area contributed by atoms with E-state index in [1.165, 1.54) is 17.9 Å². The first kappa shape index (κ1) is 10.2. The fourth-order valence-corrected chi connectivity index (χ4v) is 1.79. The Bertz CT molecular complexity index is 412. The van der Waals surface area contributed by atoms with Crippen LogP contribution in [0, 0.1) is 0 Å². The summed E-state index contributed by atoms with van der Waals surface area (Å²) < 4.78 is 5.47. The minimum Gasteiger partial charge on any atom is -0.387 e. The predicted octanol–water partition coefficient (Wildman–Crippen LogP) is 0.426. The first-order chi connectivity index (χ1) is 7.31. The van der Waals surface area contributed by atoms with E-state index in [1.54, 1.807) is 10.9 Å². The molecule has 0 aliphatic heterocycles. The second kappa shape index (κ2) is 4.45. The van der Waals surface area contributed by atoms with Gasteiger partial charge in [0.15, 0.2) is 0 Å². The summed E-state index contributed by atoms with van der Waals surface area (Å²) in [4.78, 5) is 4.84. The molecule has 2 aromatic rings. The van der Waals surface area contributed by atoms with Crippen molar-refractivity contribution < 1.29 is 5.11 Å². The van der Waals surface area contributed by atoms with Gasteiger partial charge in [-0.2, -0.15) is 5.10 Å². The van der Waals surface area contributed by atoms with Crippen LogP contribution >= 0.6 is 11.5 Å². The molecule has 0 fully saturated rings. The van der Waals surface area contributed by atoms with Crippen molar-refractivity contribution in [2.45, 2.75) is 26.0 Å². The molecule has 0 bridgehead atoms. The highest BCUT2D eigenvalue weighted by Gasteiger charge is 2.14. The third-order valence-electron chi connectivity index (χ3n) is 2.08. The molecule has 0 saturated heterocycles. The topological polar surface area (TPSA) is 76.7 Å². The van der Waals surface area contributed by atoms with Crippen molar-refractivity contribution in [2.24, 2.45) is 0 Å². The highest BCUT2D eigenvalue weighted by molar-refractivity contribution is 7.05. The van der Waals surface area contributed by atoms with E-state index in [9.17, 15) is 5.11 Å². The lowest BCUT2D eigenvalue weighted by molar-refractivity contribution is 0.177. The summed E-state index contributed by atoms with van der Waals surface area (Å²) in [6.45, 7) is 2.74. The van der Waals surface area contributed by atoms with Gasteiger partial charge in [-0.05, 0) is 18.5 Å². The Morgan fingerprint density at radius 1 is 1.60 bits per heavy atom. The first-order valence-corrected chi connectivity index (χ1v) is 5.40. The SMILES string of the molecule is CCn1ncnc1CC(O)c1cnns1. The molecule has 2 rings (SSSR count). The molecule has 2 heterocycles. The lowest BCUT2D eigenvalue weighted by Crippen LogP contribution is -2.08. The van der Waals surface area contributed by atoms with E-state index in [4.69, 9.17) is 0 Å². The van der Waals surface area contributed by atoms with Crippen LogP contribution in [0.2, 0.25) is 0 Å². The molecule has 1 unspecified atom stereocenters. The summed E-state index contributed by atoms with van der Waals surface area (Å²) in [5, 5.41) is 17.6. The Balaban J connectivity index is 2.09. The van der Waals surface area contributed by atoms with Crippen LogP contribution in [-0.4, -0.2) is 29.5 Å². The van der Waals surface area contributed by atoms with Crippen LogP contribution < -0.4 is 0 Å². The molecule has 0 aliphatic rings. The maximum Gasteiger partial charge on any atom is 0.138 e. The third kappa shape index (κ3) is 2.18. The lowest BCUT2D eigenvalue weighted by atomic mass is 10.2. The quantitative estimate of drug-likeness (QED) is 0.816. The summed E-state index contributed by atoms with van der Waals surface area (Å²) in [7, 11) is 0. The predicted molar refractivity (Wildman–Crippen MR) is 54.3 cm³/mol. The third-order valence-corrected chi connectivity index (χ3v) is 2.84. The maximum absolute atomic E-state index is 9.85. The molecule has 15 heavy (non-hydrogen) atoms. The fourth-order valence-electron chi connectivity index (χ4n) is 1.31. The zero-order valence-electron chi connectivity index (χ0n) is 8.24. The van der Waals surface area contributed by atoms with Crippen LogP contribution in [0.4, 0.5) is 0 Å². The summed E-state index contributed by atoms with van der Waals surface area (Å²) in [6.07, 6.45) is 2.91. The largest absolute Gasteiger partial charge is 0.387 e. The van der Waals surface area contributed by atoms with E-state index in [-0.39, 0.29) is 0 Å². The van der Waals surface area contributed by atoms with E-state index in [1.807, 2.05) is 6.92 Å². The van der Waals surface area contributed by atoms with Gasteiger partial charge in [0.1, 0.15) is 12.2 Å². The Morgan fingerprint density at radius 2 is 2.47 bits per heavy atom. The van der Waals surface area contributed by atoms with Gasteiger partial charge >= 0.3 is 0 Å². The summed E-state index contributed by atoms with van der Waals surface area (Å²) >= 11 is 1.20. The summed E-state index contributed by atoms with van der Waals surface area (Å²) in [5.41, 5.74) is 0. The standard InChI is InChI=1S/C8H11N5OS/c1-2-13-8(9-5-11-13)3-6(14)7-4-10-12-15-7/h4-6,14H,2-3H2,1H3. The molecule has 80 valence electrons. The smallest absolute Gasteiger partial charge is 0.138 e. The second-order valence-corrected chi connectivity index (χ2v) is 3.85. The summed E-state index contributed by atoms with van der Waals surface area (Å²) in [6, 6.07) is 0. The molecule has 0 aromatic carbocycles. The number of aryl methyl sites for hydroxylation is 1. The zero-order valence-corrected chi connectivity index (χ0v) is 9.05. The Hall–Kier alpha value is -1.34. The second-order valence-electron chi connectivity index (χ2n) is 3.03. The normalized spacial score (nSPS) is 12.9. The monoisotopic (exact) mass is 225 g/mol. The Morgan fingerprint density at radius 3 is 3.13 bits per heavy atom. The van der Waals surface area contributed by atoms with Crippen molar-refractivity contribution in [3.05, 3.63) is 23.2 Å². The molecule has 2 aromatic heterocycles. The molecular weight excluding hydrogens is 214 g/mol. The van der Waals surface area contributed by atoms with Crippen LogP contribution in [0.25, 0.3) is 0 Å². The minimum atomic E-state index is -0.598. The van der Waals surface area contributed by atoms with E-state index >= 15 is 0 Å². The average Bonchev–Trinajstić information content (AvgIpc) is 2.87. The molecule has 0 saturated carbocycles. The van der Waals surface area contributed by atoms with E-state index in [0.717, 1.165) is 17.2 Å². The van der Waals surface area contributed by atoms with Crippen LogP contribution in [0.15, 0.2) is 12.5 Å². The molecule has 0 radical (unpaired) electrons. The number of aliphatic hydroxyl groups is 1. The summed E-state index contributed by atoms with van der Waals surface area (Å²) in [5.74, 6) is 0.776. The van der Waals surface area contributed by atoms with Crippen LogP contribution in [0.5, 0.6) is 0 Å². The van der Waals surface area contributed by atoms with Crippen molar-refractivity contribution in [2.75, 3.05) is 0 Å². The molecule has 0 amide bonds. The van der Waals surface area contributed by atoms with Crippen molar-refractivity contribution in [3.63, 3.8) is 0 Å². The van der Waals surface area contributed by atoms with Gasteiger partial charge in [0, 0.05) is 13.0 Å². The van der Waals surface area contributed by atoms with Gasteiger partial charge in [0.25, 0.3) is 0 Å². The van der Waals surface area contributed by atoms with Gasteiger partial charge in [-0.15, -0.1) is 5.10 Å². The maximum atomic E-state index is 9.85. The van der Waals surface area contributed by atoms with Gasteiger partial charge in [-0.25, -0.2) is 4.98 Å². The fraction of sp³-hybridized carbons (Fsp3) is 0.500. The highest BCUT2D eigenvalue weighted by atomic mass is 32.1. The van der Waals surface area contributed by atoms with Crippen molar-refractivity contribution in [1.29, 1.82) is 0 Å². The van der Waals surface area contributed by atoms with Gasteiger partial charge in [-0.1, -0.05) is 4.49 Å². The number of aliphatic hydroxyl groups excluding tert-OH is 1. The zero-order chi connectivity index (χ0) is 10.7. The van der Waals surface area contributed by atoms with Gasteiger partial charge in [0.2, 0.25) is 0 Å². The Labute approximate surface area is 90.8 Å². The number of hydrogen-bond donors (Lipinski definition) is 1. The van der Waals surface area contributed by atoms with E-state index in [0.29, 0.717) is 6.42 Å². The van der Waals surface area contributed by atoms with E-state index in [2.05, 4.69) is 19.7 Å². The molecule has 0 spiro atoms. The number of aromatic nitrogens is 5. The number of hydrogen-bond acceptors (Lipinski definition) is 6. The molecule has 0 aliphatic carbocycles. The van der Waals surface area contributed by atoms with Gasteiger partial charge in [-0.3, -0.25) is 4.68 Å². The van der Waals surface area contributed by atoms with Gasteiger partial charge in [0.05, 0.1) is 17.2 Å². The van der Waals surface area contributed by atoms with Crippen LogP contribution in [0.3, 0.4) is 0 Å². The van der Waals surface area contributed by atoms with Crippen LogP contribution in [-0.2, 0) is 13.0 Å². The molecule has 7 heteroatoms. The first-order valence-electron chi connectivity index (χ1n) is 4.63. The molecule has 6 nitrogen and oxygen atoms in total. The molecular formula is C8H11N5OS. The molecule has 1 atom stereocenters. The molecule has 1 N–H and O–H groups in total. The van der Waals surface area contributed by atoms with Crippen molar-refractivity contribution >= 4 is 11.5 Å². The van der Waals surface area contributed by atoms with Crippen LogP contribution in [0.1, 0.15) is 23.7 Å². The van der Waals surface area contributed by atoms with Crippen molar-refractivity contribution in [3.8, 4) is 0 Å². The van der Waals surface area contributed by atoms with Gasteiger partial charge < -0.3 is 5.11 Å². The number of nitrogens with zero attached hydrogens (tertiary/aromatic N) is 5. The number of rotatable bonds is 4.